The Bertz CT molecular complexity index is 610. The molecule has 0 fully saturated rings. The molecule has 0 spiro atoms. The van der Waals surface area contributed by atoms with Crippen molar-refractivity contribution >= 4 is 23.2 Å². The van der Waals surface area contributed by atoms with Gasteiger partial charge in [-0.25, -0.2) is 4.98 Å². The molecule has 1 aromatic heterocycles. The minimum Gasteiger partial charge on any atom is -0.481 e. The van der Waals surface area contributed by atoms with Crippen molar-refractivity contribution in [2.24, 2.45) is 0 Å². The Morgan fingerprint density at radius 1 is 1.19 bits per heavy atom. The van der Waals surface area contributed by atoms with E-state index in [9.17, 15) is 9.59 Å². The van der Waals surface area contributed by atoms with Gasteiger partial charge in [-0.1, -0.05) is 30.3 Å². The van der Waals surface area contributed by atoms with Gasteiger partial charge in [0.15, 0.2) is 0 Å². The van der Waals surface area contributed by atoms with Crippen LogP contribution in [-0.2, 0) is 28.9 Å². The van der Waals surface area contributed by atoms with Gasteiger partial charge in [-0.15, -0.1) is 11.3 Å². The second kappa shape index (κ2) is 7.54. The molecule has 0 atom stereocenters. The molecule has 0 aliphatic rings. The Kier molecular flexibility index (Phi) is 5.45. The maximum Gasteiger partial charge on any atom is 0.309 e. The van der Waals surface area contributed by atoms with Crippen LogP contribution in [0.5, 0.6) is 0 Å². The van der Waals surface area contributed by atoms with Crippen LogP contribution in [0.3, 0.4) is 0 Å². The van der Waals surface area contributed by atoms with E-state index in [4.69, 9.17) is 5.11 Å². The lowest BCUT2D eigenvalue weighted by Crippen LogP contribution is -2.27. The molecule has 1 heterocycles. The zero-order chi connectivity index (χ0) is 15.1. The smallest absolute Gasteiger partial charge is 0.309 e. The monoisotopic (exact) mass is 304 g/mol. The normalized spacial score (nSPS) is 10.3. The number of carboxylic acids is 1. The second-order valence-corrected chi connectivity index (χ2v) is 5.51. The van der Waals surface area contributed by atoms with E-state index >= 15 is 0 Å². The van der Waals surface area contributed by atoms with Gasteiger partial charge < -0.3 is 10.4 Å². The molecule has 0 aliphatic heterocycles. The number of carbonyl (C=O) groups is 2. The number of hydrogen-bond acceptors (Lipinski definition) is 4. The van der Waals surface area contributed by atoms with Gasteiger partial charge in [0.25, 0.3) is 0 Å². The van der Waals surface area contributed by atoms with Crippen LogP contribution >= 0.6 is 11.3 Å². The predicted molar refractivity (Wildman–Crippen MR) is 80.3 cm³/mol. The minimum atomic E-state index is -0.917. The number of hydrogen-bond donors (Lipinski definition) is 2. The first-order valence-electron chi connectivity index (χ1n) is 6.59. The highest BCUT2D eigenvalue weighted by molar-refractivity contribution is 7.09. The number of rotatable bonds is 7. The zero-order valence-corrected chi connectivity index (χ0v) is 12.2. The van der Waals surface area contributed by atoms with Crippen molar-refractivity contribution in [2.75, 3.05) is 6.54 Å². The van der Waals surface area contributed by atoms with Crippen molar-refractivity contribution in [1.82, 2.24) is 10.3 Å². The lowest BCUT2D eigenvalue weighted by atomic mass is 10.1. The number of nitrogens with zero attached hydrogens (tertiary/aromatic N) is 1. The fourth-order valence-corrected chi connectivity index (χ4v) is 2.65. The fraction of sp³-hybridized carbons (Fsp3) is 0.267. The van der Waals surface area contributed by atoms with Crippen LogP contribution in [0.1, 0.15) is 16.3 Å². The van der Waals surface area contributed by atoms with E-state index in [1.165, 1.54) is 16.9 Å². The van der Waals surface area contributed by atoms with Crippen molar-refractivity contribution in [1.29, 1.82) is 0 Å². The van der Waals surface area contributed by atoms with Gasteiger partial charge in [0.1, 0.15) is 5.01 Å². The van der Waals surface area contributed by atoms with Crippen molar-refractivity contribution in [3.63, 3.8) is 0 Å². The van der Waals surface area contributed by atoms with Gasteiger partial charge in [-0.05, 0) is 12.0 Å². The number of nitrogens with one attached hydrogen (secondary N) is 1. The van der Waals surface area contributed by atoms with Crippen LogP contribution in [0.4, 0.5) is 0 Å². The molecule has 5 nitrogen and oxygen atoms in total. The summed E-state index contributed by atoms with van der Waals surface area (Å²) in [5, 5.41) is 13.8. The predicted octanol–water partition coefficient (Wildman–Crippen LogP) is 1.67. The van der Waals surface area contributed by atoms with Crippen LogP contribution < -0.4 is 5.32 Å². The van der Waals surface area contributed by atoms with Gasteiger partial charge in [-0.3, -0.25) is 9.59 Å². The Balaban J connectivity index is 1.74. The van der Waals surface area contributed by atoms with Crippen molar-refractivity contribution in [3.8, 4) is 0 Å². The number of benzene rings is 1. The van der Waals surface area contributed by atoms with Crippen LogP contribution in [0.15, 0.2) is 35.7 Å². The average molecular weight is 304 g/mol. The minimum absolute atomic E-state index is 0.0952. The number of aliphatic carboxylic acids is 1. The molecule has 1 aromatic carbocycles. The van der Waals surface area contributed by atoms with Crippen molar-refractivity contribution in [2.45, 2.75) is 19.3 Å². The van der Waals surface area contributed by atoms with Crippen molar-refractivity contribution < 1.29 is 14.7 Å². The molecule has 0 saturated carbocycles. The summed E-state index contributed by atoms with van der Waals surface area (Å²) in [6.07, 6.45) is 0.875. The van der Waals surface area contributed by atoms with Crippen LogP contribution in [0.25, 0.3) is 0 Å². The van der Waals surface area contributed by atoms with E-state index in [1.807, 2.05) is 30.3 Å². The highest BCUT2D eigenvalue weighted by atomic mass is 32.1. The molecule has 110 valence electrons. The summed E-state index contributed by atoms with van der Waals surface area (Å²) in [6.45, 7) is 0.580. The maximum absolute atomic E-state index is 11.8. The van der Waals surface area contributed by atoms with E-state index in [0.717, 1.165) is 6.42 Å². The Labute approximate surface area is 126 Å². The maximum atomic E-state index is 11.8. The molecule has 0 saturated heterocycles. The molecular formula is C15H16N2O3S. The Morgan fingerprint density at radius 3 is 2.67 bits per heavy atom. The van der Waals surface area contributed by atoms with E-state index < -0.39 is 5.97 Å². The molecule has 0 radical (unpaired) electrons. The molecule has 6 heteroatoms. The third kappa shape index (κ3) is 5.35. The van der Waals surface area contributed by atoms with E-state index in [0.29, 0.717) is 17.2 Å². The summed E-state index contributed by atoms with van der Waals surface area (Å²) in [5.41, 5.74) is 1.68. The van der Waals surface area contributed by atoms with E-state index in [1.54, 1.807) is 5.38 Å². The molecule has 0 unspecified atom stereocenters. The summed E-state index contributed by atoms with van der Waals surface area (Å²) in [4.78, 5) is 26.5. The summed E-state index contributed by atoms with van der Waals surface area (Å²) in [6, 6.07) is 9.93. The van der Waals surface area contributed by atoms with Crippen LogP contribution in [0, 0.1) is 0 Å². The number of thiazole rings is 1. The summed E-state index contributed by atoms with van der Waals surface area (Å²) < 4.78 is 0. The van der Waals surface area contributed by atoms with Gasteiger partial charge in [0.2, 0.25) is 5.91 Å². The highest BCUT2D eigenvalue weighted by Crippen LogP contribution is 2.11. The van der Waals surface area contributed by atoms with Crippen molar-refractivity contribution in [3.05, 3.63) is 52.0 Å². The SMILES string of the molecule is O=C(O)Cc1csc(CC(=O)NCCc2ccccc2)n1. The highest BCUT2D eigenvalue weighted by Gasteiger charge is 2.09. The first-order valence-corrected chi connectivity index (χ1v) is 7.47. The first kappa shape index (κ1) is 15.2. The second-order valence-electron chi connectivity index (χ2n) is 4.57. The van der Waals surface area contributed by atoms with Gasteiger partial charge >= 0.3 is 5.97 Å². The number of amides is 1. The quantitative estimate of drug-likeness (QED) is 0.815. The van der Waals surface area contributed by atoms with Gasteiger partial charge in [-0.2, -0.15) is 0 Å². The molecule has 0 bridgehead atoms. The summed E-state index contributed by atoms with van der Waals surface area (Å²) >= 11 is 1.31. The lowest BCUT2D eigenvalue weighted by Gasteiger charge is -2.04. The third-order valence-electron chi connectivity index (χ3n) is 2.82. The molecule has 2 rings (SSSR count). The van der Waals surface area contributed by atoms with Gasteiger partial charge in [0.05, 0.1) is 18.5 Å². The number of aromatic nitrogens is 1. The Hall–Kier alpha value is -2.21. The molecular weight excluding hydrogens is 288 g/mol. The molecule has 2 N–H and O–H groups in total. The van der Waals surface area contributed by atoms with Crippen LogP contribution in [0.2, 0.25) is 0 Å². The molecule has 2 aromatic rings. The zero-order valence-electron chi connectivity index (χ0n) is 11.4. The summed E-state index contributed by atoms with van der Waals surface area (Å²) in [5.74, 6) is -1.01. The Morgan fingerprint density at radius 2 is 1.95 bits per heavy atom. The molecule has 1 amide bonds. The number of carbonyl (C=O) groups excluding carboxylic acids is 1. The fourth-order valence-electron chi connectivity index (χ4n) is 1.86. The topological polar surface area (TPSA) is 79.3 Å². The lowest BCUT2D eigenvalue weighted by molar-refractivity contribution is -0.136. The van der Waals surface area contributed by atoms with E-state index in [2.05, 4.69) is 10.3 Å². The number of carboxylic acid groups (broad SMARTS) is 1. The first-order chi connectivity index (χ1) is 10.1. The standard InChI is InChI=1S/C15H16N2O3S/c18-13(16-7-6-11-4-2-1-3-5-11)9-14-17-12(10-21-14)8-15(19)20/h1-5,10H,6-9H2,(H,16,18)(H,19,20). The molecule has 0 aliphatic carbocycles. The molecule has 21 heavy (non-hydrogen) atoms. The third-order valence-corrected chi connectivity index (χ3v) is 3.72. The summed E-state index contributed by atoms with van der Waals surface area (Å²) in [7, 11) is 0. The largest absolute Gasteiger partial charge is 0.481 e. The van der Waals surface area contributed by atoms with E-state index in [-0.39, 0.29) is 18.7 Å². The average Bonchev–Trinajstić information content (AvgIpc) is 2.86. The van der Waals surface area contributed by atoms with Crippen LogP contribution in [-0.4, -0.2) is 28.5 Å². The van der Waals surface area contributed by atoms with Gasteiger partial charge in [0, 0.05) is 11.9 Å².